The van der Waals surface area contributed by atoms with Gasteiger partial charge in [-0.2, -0.15) is 0 Å². The molecule has 0 radical (unpaired) electrons. The van der Waals surface area contributed by atoms with E-state index < -0.39 is 0 Å². The molecular formula is C15H20. The first-order valence-corrected chi connectivity index (χ1v) is 5.55. The minimum absolute atomic E-state index is 1.08. The molecule has 1 aromatic carbocycles. The van der Waals surface area contributed by atoms with Crippen LogP contribution in [0.1, 0.15) is 39.7 Å². The van der Waals surface area contributed by atoms with Crippen LogP contribution in [0.2, 0.25) is 0 Å². The van der Waals surface area contributed by atoms with E-state index >= 15 is 0 Å². The molecule has 0 aliphatic carbocycles. The summed E-state index contributed by atoms with van der Waals surface area (Å²) in [5.41, 5.74) is 5.50. The standard InChI is InChI=1S/C15H20/c1-5-14(11-13(4)12(2)3)15-9-7-6-8-10-15/h6-11H,5H2,1-4H3/b14-11+. The van der Waals surface area contributed by atoms with Gasteiger partial charge >= 0.3 is 0 Å². The lowest BCUT2D eigenvalue weighted by Gasteiger charge is -2.06. The van der Waals surface area contributed by atoms with Crippen molar-refractivity contribution in [1.82, 2.24) is 0 Å². The van der Waals surface area contributed by atoms with E-state index in [0.29, 0.717) is 0 Å². The van der Waals surface area contributed by atoms with E-state index in [1.807, 2.05) is 0 Å². The first kappa shape index (κ1) is 11.8. The van der Waals surface area contributed by atoms with Crippen molar-refractivity contribution < 1.29 is 0 Å². The summed E-state index contributed by atoms with van der Waals surface area (Å²) in [5.74, 6) is 0. The molecule has 0 spiro atoms. The molecule has 0 atom stereocenters. The van der Waals surface area contributed by atoms with E-state index in [-0.39, 0.29) is 0 Å². The largest absolute Gasteiger partial charge is 0.0735 e. The molecule has 1 aromatic rings. The average Bonchev–Trinajstić information content (AvgIpc) is 2.26. The van der Waals surface area contributed by atoms with E-state index in [2.05, 4.69) is 64.1 Å². The Morgan fingerprint density at radius 3 is 2.13 bits per heavy atom. The predicted molar refractivity (Wildman–Crippen MR) is 68.8 cm³/mol. The first-order valence-electron chi connectivity index (χ1n) is 5.55. The molecule has 0 amide bonds. The van der Waals surface area contributed by atoms with Crippen LogP contribution in [0.3, 0.4) is 0 Å². The molecule has 80 valence electrons. The van der Waals surface area contributed by atoms with Gasteiger partial charge in [-0.25, -0.2) is 0 Å². The molecule has 0 aliphatic rings. The topological polar surface area (TPSA) is 0 Å². The van der Waals surface area contributed by atoms with Gasteiger partial charge in [-0.1, -0.05) is 54.5 Å². The SMILES string of the molecule is CC/C(=C\C(C)=C(C)C)c1ccccc1. The zero-order chi connectivity index (χ0) is 11.3. The van der Waals surface area contributed by atoms with Crippen molar-refractivity contribution in [1.29, 1.82) is 0 Å². The van der Waals surface area contributed by atoms with Crippen LogP contribution < -0.4 is 0 Å². The quantitative estimate of drug-likeness (QED) is 0.613. The fourth-order valence-electron chi connectivity index (χ4n) is 1.45. The zero-order valence-electron chi connectivity index (χ0n) is 10.2. The van der Waals surface area contributed by atoms with Gasteiger partial charge in [0.15, 0.2) is 0 Å². The van der Waals surface area contributed by atoms with E-state index in [1.54, 1.807) is 0 Å². The number of rotatable bonds is 3. The molecule has 0 heterocycles. The lowest BCUT2D eigenvalue weighted by atomic mass is 10.00. The zero-order valence-corrected chi connectivity index (χ0v) is 10.2. The molecule has 0 heteroatoms. The second-order valence-electron chi connectivity index (χ2n) is 4.07. The Morgan fingerprint density at radius 2 is 1.67 bits per heavy atom. The van der Waals surface area contributed by atoms with Gasteiger partial charge in [-0.05, 0) is 38.3 Å². The Bertz CT molecular complexity index is 362. The van der Waals surface area contributed by atoms with Crippen molar-refractivity contribution in [2.45, 2.75) is 34.1 Å². The van der Waals surface area contributed by atoms with Crippen LogP contribution in [0.4, 0.5) is 0 Å². The summed E-state index contributed by atoms with van der Waals surface area (Å²) >= 11 is 0. The number of benzene rings is 1. The summed E-state index contributed by atoms with van der Waals surface area (Å²) in [5, 5.41) is 0. The number of allylic oxidation sites excluding steroid dienone is 4. The third-order valence-electron chi connectivity index (χ3n) is 2.70. The smallest absolute Gasteiger partial charge is 0.0225 e. The van der Waals surface area contributed by atoms with Crippen molar-refractivity contribution in [3.63, 3.8) is 0 Å². The molecule has 0 aromatic heterocycles. The minimum atomic E-state index is 1.08. The summed E-state index contributed by atoms with van der Waals surface area (Å²) < 4.78 is 0. The van der Waals surface area contributed by atoms with Gasteiger partial charge in [0.2, 0.25) is 0 Å². The highest BCUT2D eigenvalue weighted by Crippen LogP contribution is 2.20. The Kier molecular flexibility index (Phi) is 4.36. The first-order chi connectivity index (χ1) is 7.15. The van der Waals surface area contributed by atoms with Crippen molar-refractivity contribution in [3.8, 4) is 0 Å². The molecule has 0 unspecified atom stereocenters. The van der Waals surface area contributed by atoms with Gasteiger partial charge < -0.3 is 0 Å². The lowest BCUT2D eigenvalue weighted by Crippen LogP contribution is -1.84. The lowest BCUT2D eigenvalue weighted by molar-refractivity contribution is 1.22. The summed E-state index contributed by atoms with van der Waals surface area (Å²) in [6.07, 6.45) is 3.37. The molecule has 0 bridgehead atoms. The third kappa shape index (κ3) is 3.39. The van der Waals surface area contributed by atoms with E-state index in [1.165, 1.54) is 22.3 Å². The van der Waals surface area contributed by atoms with Gasteiger partial charge in [0.1, 0.15) is 0 Å². The van der Waals surface area contributed by atoms with Crippen molar-refractivity contribution >= 4 is 5.57 Å². The van der Waals surface area contributed by atoms with E-state index in [9.17, 15) is 0 Å². The molecule has 0 nitrogen and oxygen atoms in total. The molecule has 0 fully saturated rings. The van der Waals surface area contributed by atoms with Gasteiger partial charge in [0.05, 0.1) is 0 Å². The van der Waals surface area contributed by atoms with Gasteiger partial charge in [-0.15, -0.1) is 0 Å². The Balaban J connectivity index is 3.05. The Labute approximate surface area is 93.3 Å². The van der Waals surface area contributed by atoms with Crippen LogP contribution in [-0.2, 0) is 0 Å². The Hall–Kier alpha value is -1.30. The fraction of sp³-hybridized carbons (Fsp3) is 0.333. The maximum atomic E-state index is 2.30. The second-order valence-corrected chi connectivity index (χ2v) is 4.07. The van der Waals surface area contributed by atoms with Crippen LogP contribution in [0.15, 0.2) is 47.6 Å². The molecule has 0 N–H and O–H groups in total. The summed E-state index contributed by atoms with van der Waals surface area (Å²) in [6.45, 7) is 8.69. The van der Waals surface area contributed by atoms with Crippen LogP contribution in [-0.4, -0.2) is 0 Å². The van der Waals surface area contributed by atoms with Crippen molar-refractivity contribution in [2.75, 3.05) is 0 Å². The van der Waals surface area contributed by atoms with Crippen LogP contribution in [0, 0.1) is 0 Å². The maximum absolute atomic E-state index is 2.30. The highest BCUT2D eigenvalue weighted by molar-refractivity contribution is 5.67. The Morgan fingerprint density at radius 1 is 1.07 bits per heavy atom. The van der Waals surface area contributed by atoms with E-state index in [0.717, 1.165) is 6.42 Å². The highest BCUT2D eigenvalue weighted by atomic mass is 14.0. The van der Waals surface area contributed by atoms with Crippen molar-refractivity contribution in [2.24, 2.45) is 0 Å². The fourth-order valence-corrected chi connectivity index (χ4v) is 1.45. The number of hydrogen-bond acceptors (Lipinski definition) is 0. The summed E-state index contributed by atoms with van der Waals surface area (Å²) in [4.78, 5) is 0. The van der Waals surface area contributed by atoms with E-state index in [4.69, 9.17) is 0 Å². The van der Waals surface area contributed by atoms with Crippen LogP contribution in [0.5, 0.6) is 0 Å². The highest BCUT2D eigenvalue weighted by Gasteiger charge is 1.98. The van der Waals surface area contributed by atoms with Crippen molar-refractivity contribution in [3.05, 3.63) is 53.1 Å². The third-order valence-corrected chi connectivity index (χ3v) is 2.70. The monoisotopic (exact) mass is 200 g/mol. The van der Waals surface area contributed by atoms with Gasteiger partial charge in [-0.3, -0.25) is 0 Å². The van der Waals surface area contributed by atoms with Crippen LogP contribution in [0.25, 0.3) is 5.57 Å². The molecule has 15 heavy (non-hydrogen) atoms. The molecule has 1 rings (SSSR count). The molecule has 0 saturated heterocycles. The average molecular weight is 200 g/mol. The second kappa shape index (κ2) is 5.55. The molecular weight excluding hydrogens is 180 g/mol. The molecule has 0 saturated carbocycles. The maximum Gasteiger partial charge on any atom is -0.0225 e. The normalized spacial score (nSPS) is 11.3. The van der Waals surface area contributed by atoms with Crippen LogP contribution >= 0.6 is 0 Å². The summed E-state index contributed by atoms with van der Waals surface area (Å²) in [6, 6.07) is 10.6. The predicted octanol–water partition coefficient (Wildman–Crippen LogP) is 4.84. The summed E-state index contributed by atoms with van der Waals surface area (Å²) in [7, 11) is 0. The van der Waals surface area contributed by atoms with Gasteiger partial charge in [0.25, 0.3) is 0 Å². The molecule has 0 aliphatic heterocycles. The van der Waals surface area contributed by atoms with Gasteiger partial charge in [0, 0.05) is 0 Å². The minimum Gasteiger partial charge on any atom is -0.0735 e. The number of hydrogen-bond donors (Lipinski definition) is 0.